The van der Waals surface area contributed by atoms with Crippen LogP contribution in [0.25, 0.3) is 0 Å². The normalized spacial score (nSPS) is 14.7. The van der Waals surface area contributed by atoms with Gasteiger partial charge in [0.1, 0.15) is 0 Å². The molecular formula is C19H22N2O. The lowest BCUT2D eigenvalue weighted by Gasteiger charge is -2.29. The number of amides is 1. The van der Waals surface area contributed by atoms with E-state index < -0.39 is 0 Å². The summed E-state index contributed by atoms with van der Waals surface area (Å²) in [7, 11) is 0. The van der Waals surface area contributed by atoms with Crippen molar-refractivity contribution in [2.24, 2.45) is 5.92 Å². The van der Waals surface area contributed by atoms with Crippen LogP contribution in [0.2, 0.25) is 0 Å². The Kier molecular flexibility index (Phi) is 4.25. The van der Waals surface area contributed by atoms with Gasteiger partial charge in [-0.3, -0.25) is 4.79 Å². The van der Waals surface area contributed by atoms with Crippen molar-refractivity contribution in [3.63, 3.8) is 0 Å². The minimum atomic E-state index is -0.0899. The highest BCUT2D eigenvalue weighted by Gasteiger charge is 2.27. The minimum Gasteiger partial charge on any atom is -0.345 e. The Morgan fingerprint density at radius 2 is 1.59 bits per heavy atom. The summed E-state index contributed by atoms with van der Waals surface area (Å²) in [4.78, 5) is 12.4. The van der Waals surface area contributed by atoms with Gasteiger partial charge in [0, 0.05) is 13.1 Å². The average Bonchev–Trinajstić information content (AvgIpc) is 2.43. The molecule has 3 nitrogen and oxygen atoms in total. The summed E-state index contributed by atoms with van der Waals surface area (Å²) in [5, 5.41) is 6.38. The van der Waals surface area contributed by atoms with Crippen molar-refractivity contribution in [3.8, 4) is 0 Å². The summed E-state index contributed by atoms with van der Waals surface area (Å²) in [5.41, 5.74) is 4.67. The topological polar surface area (TPSA) is 41.1 Å². The number of carbonyl (C=O) groups is 1. The van der Waals surface area contributed by atoms with Gasteiger partial charge in [-0.25, -0.2) is 0 Å². The third-order valence-electron chi connectivity index (χ3n) is 4.19. The number of benzene rings is 2. The van der Waals surface area contributed by atoms with Gasteiger partial charge in [-0.2, -0.15) is 0 Å². The van der Waals surface area contributed by atoms with Gasteiger partial charge in [0.05, 0.1) is 12.0 Å². The van der Waals surface area contributed by atoms with Gasteiger partial charge in [0.15, 0.2) is 0 Å². The molecule has 0 saturated carbocycles. The lowest BCUT2D eigenvalue weighted by atomic mass is 9.94. The van der Waals surface area contributed by atoms with Crippen molar-refractivity contribution in [2.45, 2.75) is 19.9 Å². The van der Waals surface area contributed by atoms with E-state index in [4.69, 9.17) is 0 Å². The molecule has 3 rings (SSSR count). The molecule has 0 spiro atoms. The lowest BCUT2D eigenvalue weighted by molar-refractivity contribution is -0.126. The van der Waals surface area contributed by atoms with Gasteiger partial charge in [-0.1, -0.05) is 59.7 Å². The van der Waals surface area contributed by atoms with Crippen molar-refractivity contribution < 1.29 is 4.79 Å². The molecule has 0 atom stereocenters. The van der Waals surface area contributed by atoms with E-state index in [1.807, 2.05) is 12.1 Å². The minimum absolute atomic E-state index is 0.0899. The molecule has 1 amide bonds. The Labute approximate surface area is 131 Å². The molecule has 2 aromatic rings. The molecule has 1 heterocycles. The first-order chi connectivity index (χ1) is 10.6. The summed E-state index contributed by atoms with van der Waals surface area (Å²) in [5.74, 6) is 0.226. The largest absolute Gasteiger partial charge is 0.345 e. The maximum absolute atomic E-state index is 12.4. The van der Waals surface area contributed by atoms with Gasteiger partial charge in [-0.05, 0) is 25.0 Å². The molecule has 0 radical (unpaired) electrons. The molecule has 1 saturated heterocycles. The van der Waals surface area contributed by atoms with Gasteiger partial charge in [0.25, 0.3) is 0 Å². The molecule has 114 valence electrons. The first kappa shape index (κ1) is 14.8. The maximum atomic E-state index is 12.4. The summed E-state index contributed by atoms with van der Waals surface area (Å²) in [6, 6.07) is 16.6. The highest BCUT2D eigenvalue weighted by atomic mass is 16.2. The molecule has 0 unspecified atom stereocenters. The molecule has 22 heavy (non-hydrogen) atoms. The molecule has 3 heteroatoms. The van der Waals surface area contributed by atoms with Crippen LogP contribution in [0.5, 0.6) is 0 Å². The SMILES string of the molecule is Cc1cccc(C(NC(=O)C2CNC2)c2cccc(C)c2)c1. The number of carbonyl (C=O) groups excluding carboxylic acids is 1. The van der Waals surface area contributed by atoms with Crippen LogP contribution < -0.4 is 10.6 Å². The number of hydrogen-bond donors (Lipinski definition) is 2. The average molecular weight is 294 g/mol. The summed E-state index contributed by atoms with van der Waals surface area (Å²) in [6.07, 6.45) is 0. The Balaban J connectivity index is 1.92. The number of nitrogens with one attached hydrogen (secondary N) is 2. The van der Waals surface area contributed by atoms with Crippen LogP contribution in [0.3, 0.4) is 0 Å². The predicted octanol–water partition coefficient (Wildman–Crippen LogP) is 2.73. The number of aryl methyl sites for hydroxylation is 2. The summed E-state index contributed by atoms with van der Waals surface area (Å²) < 4.78 is 0. The number of rotatable bonds is 4. The van der Waals surface area contributed by atoms with E-state index in [0.29, 0.717) is 0 Å². The monoisotopic (exact) mass is 294 g/mol. The Hall–Kier alpha value is -2.13. The predicted molar refractivity (Wildman–Crippen MR) is 88.7 cm³/mol. The molecule has 1 aliphatic rings. The summed E-state index contributed by atoms with van der Waals surface area (Å²) >= 11 is 0. The maximum Gasteiger partial charge on any atom is 0.226 e. The number of hydrogen-bond acceptors (Lipinski definition) is 2. The first-order valence-electron chi connectivity index (χ1n) is 7.78. The zero-order chi connectivity index (χ0) is 15.5. The Morgan fingerprint density at radius 3 is 2.00 bits per heavy atom. The fourth-order valence-corrected chi connectivity index (χ4v) is 2.79. The molecule has 2 N–H and O–H groups in total. The third-order valence-corrected chi connectivity index (χ3v) is 4.19. The molecule has 2 aromatic carbocycles. The highest BCUT2D eigenvalue weighted by molar-refractivity contribution is 5.81. The van der Waals surface area contributed by atoms with Crippen molar-refractivity contribution in [2.75, 3.05) is 13.1 Å². The van der Waals surface area contributed by atoms with Crippen LogP contribution in [0.1, 0.15) is 28.3 Å². The summed E-state index contributed by atoms with van der Waals surface area (Å²) in [6.45, 7) is 5.71. The third kappa shape index (κ3) is 3.20. The van der Waals surface area contributed by atoms with Gasteiger partial charge < -0.3 is 10.6 Å². The van der Waals surface area contributed by atoms with E-state index in [9.17, 15) is 4.79 Å². The molecule has 0 aromatic heterocycles. The zero-order valence-corrected chi connectivity index (χ0v) is 13.1. The van der Waals surface area contributed by atoms with Crippen LogP contribution in [0, 0.1) is 19.8 Å². The van der Waals surface area contributed by atoms with E-state index in [1.165, 1.54) is 11.1 Å². The van der Waals surface area contributed by atoms with Crippen molar-refractivity contribution >= 4 is 5.91 Å². The van der Waals surface area contributed by atoms with E-state index in [-0.39, 0.29) is 17.9 Å². The van der Waals surface area contributed by atoms with Crippen LogP contribution in [-0.4, -0.2) is 19.0 Å². The second-order valence-electron chi connectivity index (χ2n) is 6.13. The quantitative estimate of drug-likeness (QED) is 0.910. The van der Waals surface area contributed by atoms with Gasteiger partial charge in [-0.15, -0.1) is 0 Å². The second kappa shape index (κ2) is 6.32. The van der Waals surface area contributed by atoms with Crippen molar-refractivity contribution in [1.82, 2.24) is 10.6 Å². The molecular weight excluding hydrogens is 272 g/mol. The van der Waals surface area contributed by atoms with E-state index in [2.05, 4.69) is 60.9 Å². The molecule has 0 aliphatic carbocycles. The second-order valence-corrected chi connectivity index (χ2v) is 6.13. The molecule has 0 bridgehead atoms. The zero-order valence-electron chi connectivity index (χ0n) is 13.1. The van der Waals surface area contributed by atoms with E-state index in [0.717, 1.165) is 24.2 Å². The first-order valence-corrected chi connectivity index (χ1v) is 7.78. The van der Waals surface area contributed by atoms with Gasteiger partial charge in [0.2, 0.25) is 5.91 Å². The van der Waals surface area contributed by atoms with Crippen LogP contribution >= 0.6 is 0 Å². The smallest absolute Gasteiger partial charge is 0.226 e. The highest BCUT2D eigenvalue weighted by Crippen LogP contribution is 2.24. The van der Waals surface area contributed by atoms with E-state index in [1.54, 1.807) is 0 Å². The standard InChI is InChI=1S/C19H22N2O/c1-13-5-3-7-15(9-13)18(16-8-4-6-14(2)10-16)21-19(22)17-11-20-12-17/h3-10,17-18,20H,11-12H2,1-2H3,(H,21,22). The van der Waals surface area contributed by atoms with Crippen LogP contribution in [0.4, 0.5) is 0 Å². The van der Waals surface area contributed by atoms with Gasteiger partial charge >= 0.3 is 0 Å². The Bertz CT molecular complexity index is 631. The molecule has 1 fully saturated rings. The van der Waals surface area contributed by atoms with Crippen molar-refractivity contribution in [1.29, 1.82) is 0 Å². The fourth-order valence-electron chi connectivity index (χ4n) is 2.79. The lowest BCUT2D eigenvalue weighted by Crippen LogP contribution is -2.51. The molecule has 1 aliphatic heterocycles. The van der Waals surface area contributed by atoms with Crippen LogP contribution in [-0.2, 0) is 4.79 Å². The van der Waals surface area contributed by atoms with Crippen molar-refractivity contribution in [3.05, 3.63) is 70.8 Å². The Morgan fingerprint density at radius 1 is 1.05 bits per heavy atom. The fraction of sp³-hybridized carbons (Fsp3) is 0.316. The van der Waals surface area contributed by atoms with Crippen LogP contribution in [0.15, 0.2) is 48.5 Å². The van der Waals surface area contributed by atoms with E-state index >= 15 is 0 Å².